The third kappa shape index (κ3) is 8.98. The zero-order valence-electron chi connectivity index (χ0n) is 31.4. The Balaban J connectivity index is 0.000000280. The third-order valence-corrected chi connectivity index (χ3v) is 9.72. The normalized spacial score (nSPS) is 18.9. The van der Waals surface area contributed by atoms with Gasteiger partial charge in [0.15, 0.2) is 0 Å². The van der Waals surface area contributed by atoms with Crippen molar-refractivity contribution < 1.29 is 56.0 Å². The summed E-state index contributed by atoms with van der Waals surface area (Å²) in [6, 6.07) is 5.23. The van der Waals surface area contributed by atoms with Crippen molar-refractivity contribution in [3.8, 4) is 0 Å². The van der Waals surface area contributed by atoms with Crippen molar-refractivity contribution in [3.63, 3.8) is 0 Å². The van der Waals surface area contributed by atoms with Crippen LogP contribution in [-0.4, -0.2) is 54.7 Å². The van der Waals surface area contributed by atoms with Crippen LogP contribution in [-0.2, 0) is 16.6 Å². The summed E-state index contributed by atoms with van der Waals surface area (Å²) in [4.78, 5) is 24.5. The molecule has 8 nitrogen and oxygen atoms in total. The number of hydrogen-bond donors (Lipinski definition) is 4. The van der Waals surface area contributed by atoms with Crippen molar-refractivity contribution in [2.45, 2.75) is 141 Å². The zero-order chi connectivity index (χ0) is 40.0. The fraction of sp³-hybridized carbons (Fsp3) is 0.632. The Bertz CT molecular complexity index is 1610. The molecule has 4 rings (SSSR count). The zero-order valence-corrected chi connectivity index (χ0v) is 31.4. The fourth-order valence-corrected chi connectivity index (χ4v) is 6.33. The van der Waals surface area contributed by atoms with E-state index in [4.69, 9.17) is 4.74 Å². The van der Waals surface area contributed by atoms with Crippen molar-refractivity contribution >= 4 is 12.2 Å². The Morgan fingerprint density at radius 2 is 1.13 bits per heavy atom. The molecule has 52 heavy (non-hydrogen) atoms. The van der Waals surface area contributed by atoms with E-state index in [2.05, 4.69) is 5.32 Å². The Hall–Kier alpha value is -3.52. The largest absolute Gasteiger partial charge is 0.465 e. The maximum Gasteiger partial charge on any atom is 0.408 e. The molecule has 0 radical (unpaired) electrons. The van der Waals surface area contributed by atoms with Gasteiger partial charge in [0.05, 0.1) is 23.2 Å². The van der Waals surface area contributed by atoms with E-state index in [0.717, 1.165) is 30.9 Å². The fourth-order valence-electron chi connectivity index (χ4n) is 6.33. The molecule has 2 aliphatic carbocycles. The molecule has 2 aliphatic rings. The minimum atomic E-state index is -3.79. The number of benzene rings is 2. The van der Waals surface area contributed by atoms with Gasteiger partial charge in [-0.1, -0.05) is 24.3 Å². The summed E-state index contributed by atoms with van der Waals surface area (Å²) >= 11 is 0. The number of aliphatic hydroxyl groups is 2. The van der Waals surface area contributed by atoms with Crippen LogP contribution in [0.2, 0.25) is 0 Å². The highest BCUT2D eigenvalue weighted by Gasteiger charge is 2.60. The highest BCUT2D eigenvalue weighted by atomic mass is 19.3. The van der Waals surface area contributed by atoms with Crippen molar-refractivity contribution in [1.29, 1.82) is 0 Å². The molecule has 0 aliphatic heterocycles. The second kappa shape index (κ2) is 14.7. The van der Waals surface area contributed by atoms with Gasteiger partial charge in [-0.3, -0.25) is 4.90 Å². The van der Waals surface area contributed by atoms with E-state index in [9.17, 15) is 46.9 Å². The first-order valence-corrected chi connectivity index (χ1v) is 17.3. The Morgan fingerprint density at radius 1 is 0.750 bits per heavy atom. The summed E-state index contributed by atoms with van der Waals surface area (Å²) in [5, 5.41) is 32.5. The van der Waals surface area contributed by atoms with E-state index in [0.29, 0.717) is 25.7 Å². The lowest BCUT2D eigenvalue weighted by Crippen LogP contribution is -2.47. The predicted molar refractivity (Wildman–Crippen MR) is 183 cm³/mol. The van der Waals surface area contributed by atoms with Crippen molar-refractivity contribution in [2.75, 3.05) is 0 Å². The van der Waals surface area contributed by atoms with Gasteiger partial charge >= 0.3 is 24.0 Å². The van der Waals surface area contributed by atoms with Crippen LogP contribution in [0.5, 0.6) is 0 Å². The highest BCUT2D eigenvalue weighted by Crippen LogP contribution is 2.54. The molecule has 0 saturated heterocycles. The van der Waals surface area contributed by atoms with Crippen molar-refractivity contribution in [2.24, 2.45) is 11.8 Å². The predicted octanol–water partition coefficient (Wildman–Crippen LogP) is 9.58. The minimum Gasteiger partial charge on any atom is -0.465 e. The molecule has 2 amide bonds. The first kappa shape index (κ1) is 42.9. The molecule has 14 heteroatoms. The topological polar surface area (TPSA) is 119 Å². The summed E-state index contributed by atoms with van der Waals surface area (Å²) in [7, 11) is 0. The minimum absolute atomic E-state index is 0.0976. The average molecular weight is 747 g/mol. The lowest BCUT2D eigenvalue weighted by Gasteiger charge is -2.39. The van der Waals surface area contributed by atoms with Crippen LogP contribution in [0.1, 0.15) is 129 Å². The molecule has 2 aromatic carbocycles. The van der Waals surface area contributed by atoms with Gasteiger partial charge in [0.1, 0.15) is 28.4 Å². The van der Waals surface area contributed by atoms with Gasteiger partial charge in [0.2, 0.25) is 0 Å². The van der Waals surface area contributed by atoms with Crippen LogP contribution in [0.4, 0.5) is 35.9 Å². The number of hydrogen-bond acceptors (Lipinski definition) is 5. The molecule has 4 N–H and O–H groups in total. The number of halogens is 6. The third-order valence-electron chi connectivity index (χ3n) is 9.72. The number of ether oxygens (including phenoxy) is 1. The van der Waals surface area contributed by atoms with E-state index < -0.39 is 93.1 Å². The average Bonchev–Trinajstić information content (AvgIpc) is 3.88. The number of amides is 2. The number of nitrogens with one attached hydrogen (secondary N) is 1. The van der Waals surface area contributed by atoms with Gasteiger partial charge < -0.3 is 25.4 Å². The first-order chi connectivity index (χ1) is 23.5. The van der Waals surface area contributed by atoms with Gasteiger partial charge in [0.25, 0.3) is 0 Å². The quantitative estimate of drug-likeness (QED) is 0.180. The number of alkyl halides is 4. The summed E-state index contributed by atoms with van der Waals surface area (Å²) in [6.07, 6.45) is -0.131. The van der Waals surface area contributed by atoms with Gasteiger partial charge in [-0.05, 0) is 119 Å². The van der Waals surface area contributed by atoms with E-state index in [1.54, 1.807) is 41.5 Å². The SMILES string of the molecule is C[C@@H](NC(=O)OC(C)(C)C)c1cccc(C(F)(F)[C@](C)(O)C2CC2)c1F.C[C@H](c1cccc(C(F)(F)C(C)(O)C2CC2)c1F)N(C(=O)O)C(C)(C)C. The summed E-state index contributed by atoms with van der Waals surface area (Å²) in [5.41, 5.74) is -8.29. The van der Waals surface area contributed by atoms with Gasteiger partial charge in [-0.15, -0.1) is 0 Å². The lowest BCUT2D eigenvalue weighted by atomic mass is 9.85. The highest BCUT2D eigenvalue weighted by molar-refractivity contribution is 5.68. The van der Waals surface area contributed by atoms with E-state index >= 15 is 4.39 Å². The van der Waals surface area contributed by atoms with Gasteiger partial charge in [0, 0.05) is 16.7 Å². The maximum atomic E-state index is 15.0. The number of carbonyl (C=O) groups excluding carboxylic acids is 1. The summed E-state index contributed by atoms with van der Waals surface area (Å²) in [6.45, 7) is 15.0. The van der Waals surface area contributed by atoms with Crippen molar-refractivity contribution in [1.82, 2.24) is 10.2 Å². The standard InChI is InChI=1S/2C19H26F3NO3/c1-11(23-16(24)26-17(2,3)4)13-7-6-8-14(15(13)20)19(21,22)18(5,25)12-9-10-12;1-11(23(16(24)25)17(2,3)4)13-7-6-8-14(15(13)20)19(21,22)18(5,26)12-9-10-12/h6-8,11-12,25H,9-10H2,1-5H3,(H,23,24);6-8,11-12,26H,9-10H2,1-5H3,(H,24,25)/t11-,18-;11-,18?/m11/s1. The van der Waals surface area contributed by atoms with Crippen molar-refractivity contribution in [3.05, 3.63) is 70.3 Å². The van der Waals surface area contributed by atoms with Crippen LogP contribution in [0, 0.1) is 23.5 Å². The van der Waals surface area contributed by atoms with Crippen LogP contribution in [0.15, 0.2) is 36.4 Å². The van der Waals surface area contributed by atoms with Gasteiger partial charge in [-0.25, -0.2) is 18.4 Å². The molecule has 0 bridgehead atoms. The van der Waals surface area contributed by atoms with Gasteiger partial charge in [-0.2, -0.15) is 17.6 Å². The lowest BCUT2D eigenvalue weighted by molar-refractivity contribution is -0.191. The van der Waals surface area contributed by atoms with E-state index in [1.807, 2.05) is 0 Å². The molecule has 0 spiro atoms. The molecule has 2 saturated carbocycles. The Morgan fingerprint density at radius 3 is 1.48 bits per heavy atom. The first-order valence-electron chi connectivity index (χ1n) is 17.3. The second-order valence-corrected chi connectivity index (χ2v) is 16.3. The van der Waals surface area contributed by atoms with Crippen LogP contribution in [0.25, 0.3) is 0 Å². The maximum absolute atomic E-state index is 15.0. The molecular weight excluding hydrogens is 694 g/mol. The monoisotopic (exact) mass is 746 g/mol. The van der Waals surface area contributed by atoms with E-state index in [-0.39, 0.29) is 11.1 Å². The second-order valence-electron chi connectivity index (χ2n) is 16.3. The number of rotatable bonds is 10. The molecule has 2 fully saturated rings. The summed E-state index contributed by atoms with van der Waals surface area (Å²) < 4.78 is 94.4. The number of carbonyl (C=O) groups is 2. The van der Waals surface area contributed by atoms with Crippen LogP contribution < -0.4 is 5.32 Å². The number of alkyl carbamates (subject to hydrolysis) is 1. The Kier molecular flexibility index (Phi) is 12.1. The summed E-state index contributed by atoms with van der Waals surface area (Å²) in [5.74, 6) is -11.0. The molecular formula is C38H52F6N2O6. The molecule has 0 aromatic heterocycles. The molecule has 0 heterocycles. The smallest absolute Gasteiger partial charge is 0.408 e. The van der Waals surface area contributed by atoms with Crippen LogP contribution in [0.3, 0.4) is 0 Å². The molecule has 292 valence electrons. The molecule has 2 aromatic rings. The molecule has 4 atom stereocenters. The number of nitrogens with zero attached hydrogens (tertiary/aromatic N) is 1. The molecule has 1 unspecified atom stereocenters. The Labute approximate surface area is 301 Å². The van der Waals surface area contributed by atoms with E-state index in [1.165, 1.54) is 38.1 Å². The number of carboxylic acid groups (broad SMARTS) is 1. The van der Waals surface area contributed by atoms with Crippen LogP contribution >= 0.6 is 0 Å².